The number of rotatable bonds is 3. The smallest absolute Gasteiger partial charge is 0.137 e. The average molecular weight is 650 g/mol. The Morgan fingerprint density at radius 1 is 0.451 bits per heavy atom. The molecule has 0 saturated heterocycles. The van der Waals surface area contributed by atoms with Crippen LogP contribution in [0.2, 0.25) is 0 Å². The minimum Gasteiger partial charge on any atom is -0.456 e. The van der Waals surface area contributed by atoms with E-state index in [0.29, 0.717) is 16.7 Å². The molecular formula is C45H23N5O. The van der Waals surface area contributed by atoms with Gasteiger partial charge in [0.15, 0.2) is 0 Å². The molecular weight excluding hydrogens is 627 g/mol. The van der Waals surface area contributed by atoms with E-state index < -0.39 is 0 Å². The fraction of sp³-hybridized carbons (Fsp3) is 0. The molecule has 6 nitrogen and oxygen atoms in total. The summed E-state index contributed by atoms with van der Waals surface area (Å²) >= 11 is 0. The van der Waals surface area contributed by atoms with Crippen LogP contribution in [-0.2, 0) is 0 Å². The van der Waals surface area contributed by atoms with E-state index in [1.165, 1.54) is 0 Å². The third-order valence-corrected chi connectivity index (χ3v) is 10.0. The van der Waals surface area contributed by atoms with Gasteiger partial charge in [0.05, 0.1) is 67.7 Å². The molecule has 0 radical (unpaired) electrons. The lowest BCUT2D eigenvalue weighted by atomic mass is 9.97. The predicted octanol–water partition coefficient (Wildman–Crippen LogP) is 11.1. The minimum atomic E-state index is 0.500. The summed E-state index contributed by atoms with van der Waals surface area (Å²) < 4.78 is 10.8. The fourth-order valence-electron chi connectivity index (χ4n) is 7.91. The van der Waals surface area contributed by atoms with E-state index in [9.17, 15) is 15.8 Å². The molecule has 0 fully saturated rings. The van der Waals surface area contributed by atoms with E-state index in [2.05, 4.69) is 88.0 Å². The second kappa shape index (κ2) is 10.7. The van der Waals surface area contributed by atoms with Crippen LogP contribution in [0.25, 0.3) is 88.1 Å². The van der Waals surface area contributed by atoms with E-state index in [4.69, 9.17) is 4.42 Å². The molecule has 10 rings (SSSR count). The molecule has 3 aromatic heterocycles. The molecule has 0 aliphatic rings. The van der Waals surface area contributed by atoms with Crippen LogP contribution < -0.4 is 0 Å². The van der Waals surface area contributed by atoms with Gasteiger partial charge in [0.25, 0.3) is 0 Å². The Balaban J connectivity index is 1.35. The maximum Gasteiger partial charge on any atom is 0.137 e. The molecule has 0 amide bonds. The zero-order chi connectivity index (χ0) is 34.2. The van der Waals surface area contributed by atoms with E-state index in [-0.39, 0.29) is 0 Å². The van der Waals surface area contributed by atoms with Crippen LogP contribution in [0.4, 0.5) is 0 Å². The average Bonchev–Trinajstić information content (AvgIpc) is 3.84. The number of nitrogens with zero attached hydrogens (tertiary/aromatic N) is 5. The molecule has 234 valence electrons. The largest absolute Gasteiger partial charge is 0.456 e. The molecule has 0 unspecified atom stereocenters. The molecule has 0 spiro atoms. The van der Waals surface area contributed by atoms with Gasteiger partial charge in [0.2, 0.25) is 0 Å². The van der Waals surface area contributed by atoms with Crippen molar-refractivity contribution in [2.24, 2.45) is 0 Å². The van der Waals surface area contributed by atoms with Crippen LogP contribution >= 0.6 is 0 Å². The van der Waals surface area contributed by atoms with Crippen molar-refractivity contribution in [1.29, 1.82) is 15.8 Å². The summed E-state index contributed by atoms with van der Waals surface area (Å²) in [5, 5.41) is 36.3. The summed E-state index contributed by atoms with van der Waals surface area (Å²) in [6, 6.07) is 53.1. The number of hydrogen-bond acceptors (Lipinski definition) is 4. The summed E-state index contributed by atoms with van der Waals surface area (Å²) in [6.45, 7) is 0. The lowest BCUT2D eigenvalue weighted by Gasteiger charge is -2.19. The van der Waals surface area contributed by atoms with Crippen molar-refractivity contribution in [3.05, 3.63) is 156 Å². The van der Waals surface area contributed by atoms with E-state index >= 15 is 0 Å². The third-order valence-electron chi connectivity index (χ3n) is 10.0. The molecule has 0 aliphatic heterocycles. The second-order valence-electron chi connectivity index (χ2n) is 12.6. The van der Waals surface area contributed by atoms with Gasteiger partial charge in [-0.15, -0.1) is 0 Å². The Hall–Kier alpha value is -7.59. The molecule has 3 heterocycles. The molecule has 7 aromatic carbocycles. The van der Waals surface area contributed by atoms with Crippen LogP contribution in [0.1, 0.15) is 16.7 Å². The molecule has 51 heavy (non-hydrogen) atoms. The van der Waals surface area contributed by atoms with Crippen LogP contribution in [0.3, 0.4) is 0 Å². The van der Waals surface area contributed by atoms with Gasteiger partial charge in [0, 0.05) is 38.1 Å². The van der Waals surface area contributed by atoms with Crippen molar-refractivity contribution >= 4 is 65.6 Å². The number of hydrogen-bond donors (Lipinski definition) is 0. The summed E-state index contributed by atoms with van der Waals surface area (Å²) in [5.41, 5.74) is 10.5. The Kier molecular flexibility index (Phi) is 5.97. The van der Waals surface area contributed by atoms with Gasteiger partial charge in [-0.1, -0.05) is 66.7 Å². The van der Waals surface area contributed by atoms with Gasteiger partial charge < -0.3 is 13.6 Å². The maximum atomic E-state index is 10.7. The number of furan rings is 1. The molecule has 6 heteroatoms. The highest BCUT2D eigenvalue weighted by molar-refractivity contribution is 6.24. The van der Waals surface area contributed by atoms with Crippen molar-refractivity contribution in [2.75, 3.05) is 0 Å². The first-order chi connectivity index (χ1) is 25.2. The monoisotopic (exact) mass is 649 g/mol. The number of nitriles is 3. The third kappa shape index (κ3) is 3.95. The summed E-state index contributed by atoms with van der Waals surface area (Å²) in [5.74, 6) is 0. The van der Waals surface area contributed by atoms with Gasteiger partial charge >= 0.3 is 0 Å². The highest BCUT2D eigenvalue weighted by Crippen LogP contribution is 2.44. The summed E-state index contributed by atoms with van der Waals surface area (Å²) in [7, 11) is 0. The number of benzene rings is 7. The number of para-hydroxylation sites is 4. The zero-order valence-electron chi connectivity index (χ0n) is 26.9. The number of fused-ring (bicyclic) bond motifs is 10. The van der Waals surface area contributed by atoms with Crippen molar-refractivity contribution in [1.82, 2.24) is 9.13 Å². The summed E-state index contributed by atoms with van der Waals surface area (Å²) in [4.78, 5) is 0. The highest BCUT2D eigenvalue weighted by atomic mass is 16.3. The van der Waals surface area contributed by atoms with E-state index in [0.717, 1.165) is 88.1 Å². The van der Waals surface area contributed by atoms with Gasteiger partial charge in [-0.05, 0) is 72.8 Å². The lowest BCUT2D eigenvalue weighted by Crippen LogP contribution is -2.03. The molecule has 0 saturated carbocycles. The number of aromatic nitrogens is 2. The van der Waals surface area contributed by atoms with Crippen LogP contribution in [-0.4, -0.2) is 9.13 Å². The quantitative estimate of drug-likeness (QED) is 0.190. The van der Waals surface area contributed by atoms with Crippen molar-refractivity contribution in [2.45, 2.75) is 0 Å². The lowest BCUT2D eigenvalue weighted by molar-refractivity contribution is 0.669. The standard InChI is InChI=1S/C45H23N5O/c46-24-27-16-19-39-35(22-27)36-23-28(25-47)17-20-40(36)49(39)44-29(26-48)8-7-12-32(44)30-9-1-4-13-37(30)50-38-14-5-2-10-31(38)33-18-21-42-43(45(33)50)34-11-3-6-15-41(34)51-42/h1-23H. The van der Waals surface area contributed by atoms with Gasteiger partial charge in [-0.3, -0.25) is 0 Å². The first kappa shape index (κ1) is 28.4. The Morgan fingerprint density at radius 2 is 1.10 bits per heavy atom. The zero-order valence-corrected chi connectivity index (χ0v) is 26.9. The van der Waals surface area contributed by atoms with Gasteiger partial charge in [0.1, 0.15) is 17.2 Å². The molecule has 0 N–H and O–H groups in total. The van der Waals surface area contributed by atoms with E-state index in [1.54, 1.807) is 12.1 Å². The Morgan fingerprint density at radius 3 is 1.84 bits per heavy atom. The normalized spacial score (nSPS) is 11.5. The topological polar surface area (TPSA) is 94.4 Å². The second-order valence-corrected chi connectivity index (χ2v) is 12.6. The molecule has 10 aromatic rings. The maximum absolute atomic E-state index is 10.7. The Bertz CT molecular complexity index is 3170. The highest BCUT2D eigenvalue weighted by Gasteiger charge is 2.24. The fourth-order valence-corrected chi connectivity index (χ4v) is 7.91. The summed E-state index contributed by atoms with van der Waals surface area (Å²) in [6.07, 6.45) is 0. The van der Waals surface area contributed by atoms with Gasteiger partial charge in [-0.25, -0.2) is 0 Å². The Labute approximate surface area is 291 Å². The van der Waals surface area contributed by atoms with Crippen LogP contribution in [0, 0.1) is 34.0 Å². The minimum absolute atomic E-state index is 0.500. The predicted molar refractivity (Wildman–Crippen MR) is 202 cm³/mol. The van der Waals surface area contributed by atoms with Crippen LogP contribution in [0.15, 0.2) is 144 Å². The molecule has 0 atom stereocenters. The van der Waals surface area contributed by atoms with Crippen molar-refractivity contribution in [3.8, 4) is 40.7 Å². The van der Waals surface area contributed by atoms with Crippen molar-refractivity contribution < 1.29 is 4.42 Å². The molecule has 0 bridgehead atoms. The van der Waals surface area contributed by atoms with Gasteiger partial charge in [-0.2, -0.15) is 15.8 Å². The van der Waals surface area contributed by atoms with Crippen molar-refractivity contribution in [3.63, 3.8) is 0 Å². The first-order valence-electron chi connectivity index (χ1n) is 16.5. The van der Waals surface area contributed by atoms with Crippen LogP contribution in [0.5, 0.6) is 0 Å². The SMILES string of the molecule is N#Cc1ccc2c(c1)c1cc(C#N)ccc1n2-c1c(C#N)cccc1-c1ccccc1-n1c2ccccc2c2ccc3oc4ccccc4c3c21. The first-order valence-corrected chi connectivity index (χ1v) is 16.5. The van der Waals surface area contributed by atoms with E-state index in [1.807, 2.05) is 66.7 Å². The molecule has 0 aliphatic carbocycles.